The summed E-state index contributed by atoms with van der Waals surface area (Å²) in [5, 5.41) is 3.24. The Hall–Kier alpha value is -3.02. The minimum absolute atomic E-state index is 0.0459. The second-order valence-corrected chi connectivity index (χ2v) is 17.3. The summed E-state index contributed by atoms with van der Waals surface area (Å²) >= 11 is 0. The van der Waals surface area contributed by atoms with Crippen molar-refractivity contribution in [2.45, 2.75) is 83.3 Å². The van der Waals surface area contributed by atoms with Crippen molar-refractivity contribution in [1.29, 1.82) is 0 Å². The van der Waals surface area contributed by atoms with Gasteiger partial charge in [-0.25, -0.2) is 14.6 Å². The summed E-state index contributed by atoms with van der Waals surface area (Å²) in [6, 6.07) is 0.815. The molecule has 10 nitrogen and oxygen atoms in total. The largest absolute Gasteiger partial charge is 0.443 e. The number of amides is 2. The Balaban J connectivity index is 1.78. The average molecular weight is 542 g/mol. The van der Waals surface area contributed by atoms with E-state index >= 15 is 0 Å². The highest BCUT2D eigenvalue weighted by molar-refractivity contribution is 6.74. The molecule has 3 N–H and O–H groups in total. The number of urea groups is 1. The molecule has 1 saturated heterocycles. The number of carbonyl (C=O) groups excluding carboxylic acids is 2. The lowest BCUT2D eigenvalue weighted by Gasteiger charge is -2.52. The molecule has 4 rings (SSSR count). The number of carbonyl (C=O) groups is 2. The van der Waals surface area contributed by atoms with E-state index in [9.17, 15) is 9.59 Å². The molecule has 0 bridgehead atoms. The van der Waals surface area contributed by atoms with Gasteiger partial charge in [-0.2, -0.15) is 0 Å². The van der Waals surface area contributed by atoms with Gasteiger partial charge in [-0.15, -0.1) is 0 Å². The second-order valence-electron chi connectivity index (χ2n) is 12.6. The fraction of sp³-hybridized carbons (Fsp3) is 0.556. The molecule has 0 spiro atoms. The monoisotopic (exact) mass is 541 g/mol. The minimum Gasteiger partial charge on any atom is -0.443 e. The summed E-state index contributed by atoms with van der Waals surface area (Å²) in [4.78, 5) is 34.0. The third-order valence-electron chi connectivity index (χ3n) is 7.30. The first-order valence-corrected chi connectivity index (χ1v) is 15.8. The van der Waals surface area contributed by atoms with Gasteiger partial charge >= 0.3 is 12.1 Å². The van der Waals surface area contributed by atoms with Gasteiger partial charge < -0.3 is 19.6 Å². The third kappa shape index (κ3) is 5.55. The molecule has 0 saturated carbocycles. The lowest BCUT2D eigenvalue weighted by Crippen LogP contribution is -2.65. The molecule has 2 amide bonds. The van der Waals surface area contributed by atoms with Crippen LogP contribution in [0.2, 0.25) is 18.1 Å². The number of nitrogens with zero attached hydrogens (tertiary/aromatic N) is 3. The van der Waals surface area contributed by atoms with Crippen molar-refractivity contribution in [2.24, 2.45) is 10.7 Å². The first kappa shape index (κ1) is 28.0. The summed E-state index contributed by atoms with van der Waals surface area (Å²) in [6.07, 6.45) is 7.45. The number of aliphatic imine (C=N–C) groups is 1. The van der Waals surface area contributed by atoms with Crippen LogP contribution in [-0.2, 0) is 13.9 Å². The zero-order chi connectivity index (χ0) is 28.1. The van der Waals surface area contributed by atoms with E-state index in [1.165, 1.54) is 10.8 Å². The number of ether oxygens (including phenoxy) is 2. The molecule has 2 aromatic heterocycles. The maximum Gasteiger partial charge on any atom is 0.419 e. The van der Waals surface area contributed by atoms with Crippen molar-refractivity contribution in [3.05, 3.63) is 36.2 Å². The van der Waals surface area contributed by atoms with Gasteiger partial charge in [0.05, 0.1) is 36.7 Å². The van der Waals surface area contributed by atoms with Crippen LogP contribution in [-0.4, -0.2) is 66.2 Å². The van der Waals surface area contributed by atoms with E-state index in [1.54, 1.807) is 12.3 Å². The molecule has 1 fully saturated rings. The molecule has 2 aromatic rings. The van der Waals surface area contributed by atoms with Crippen LogP contribution in [0.4, 0.5) is 15.4 Å². The molecular formula is C27H39N5O5Si. The molecule has 0 radical (unpaired) electrons. The Bertz CT molecular complexity index is 1310. The normalized spacial score (nSPS) is 19.6. The zero-order valence-corrected chi connectivity index (χ0v) is 24.5. The van der Waals surface area contributed by atoms with Gasteiger partial charge in [-0.05, 0) is 57.5 Å². The lowest BCUT2D eigenvalue weighted by atomic mass is 9.88. The molecule has 1 unspecified atom stereocenters. The van der Waals surface area contributed by atoms with Crippen LogP contribution >= 0.6 is 0 Å². The molecule has 0 aliphatic carbocycles. The van der Waals surface area contributed by atoms with Crippen molar-refractivity contribution >= 4 is 42.9 Å². The van der Waals surface area contributed by atoms with Gasteiger partial charge in [0.2, 0.25) is 0 Å². The summed E-state index contributed by atoms with van der Waals surface area (Å²) in [5.74, 6) is 0.273. The number of nitrogens with two attached hydrogens (primary N) is 1. The van der Waals surface area contributed by atoms with Gasteiger partial charge in [0.25, 0.3) is 0 Å². The minimum atomic E-state index is -2.09. The van der Waals surface area contributed by atoms with Crippen LogP contribution < -0.4 is 11.1 Å². The van der Waals surface area contributed by atoms with E-state index in [0.29, 0.717) is 35.4 Å². The van der Waals surface area contributed by atoms with Gasteiger partial charge in [0, 0.05) is 17.1 Å². The lowest BCUT2D eigenvalue weighted by molar-refractivity contribution is -0.178. The number of hydrogen-bond donors (Lipinski definition) is 2. The van der Waals surface area contributed by atoms with Crippen LogP contribution in [0.15, 0.2) is 35.6 Å². The topological polar surface area (TPSA) is 130 Å². The SMILES string of the molecule is CC(C)(C)OC(=O)n1cc(C2=NC(C3(O[Si](C)(C)C(C)(C)C)COC3)CC=C2)c2cc(NC(N)=O)ncc21. The number of pyridine rings is 1. The van der Waals surface area contributed by atoms with E-state index in [0.717, 1.165) is 6.42 Å². The van der Waals surface area contributed by atoms with Crippen molar-refractivity contribution < 1.29 is 23.5 Å². The van der Waals surface area contributed by atoms with Crippen molar-refractivity contribution in [2.75, 3.05) is 18.5 Å². The van der Waals surface area contributed by atoms with Crippen molar-refractivity contribution in [3.8, 4) is 0 Å². The Kier molecular flexibility index (Phi) is 7.09. The third-order valence-corrected chi connectivity index (χ3v) is 11.8. The molecule has 11 heteroatoms. The molecule has 4 heterocycles. The zero-order valence-electron chi connectivity index (χ0n) is 23.5. The van der Waals surface area contributed by atoms with E-state index in [1.807, 2.05) is 26.8 Å². The molecule has 2 aliphatic rings. The van der Waals surface area contributed by atoms with E-state index in [4.69, 9.17) is 24.6 Å². The van der Waals surface area contributed by atoms with Crippen LogP contribution in [0.1, 0.15) is 53.5 Å². The molecule has 0 aromatic carbocycles. The summed E-state index contributed by atoms with van der Waals surface area (Å²) in [5.41, 5.74) is 6.08. The highest BCUT2D eigenvalue weighted by Crippen LogP contribution is 2.43. The number of aromatic nitrogens is 2. The molecule has 2 aliphatic heterocycles. The average Bonchev–Trinajstić information content (AvgIpc) is 3.13. The predicted molar refractivity (Wildman–Crippen MR) is 150 cm³/mol. The highest BCUT2D eigenvalue weighted by atomic mass is 28.4. The van der Waals surface area contributed by atoms with E-state index in [-0.39, 0.29) is 16.9 Å². The Morgan fingerprint density at radius 2 is 1.89 bits per heavy atom. The maximum absolute atomic E-state index is 13.1. The number of anilines is 1. The van der Waals surface area contributed by atoms with E-state index < -0.39 is 31.6 Å². The first-order valence-electron chi connectivity index (χ1n) is 12.8. The predicted octanol–water partition coefficient (Wildman–Crippen LogP) is 5.22. The summed E-state index contributed by atoms with van der Waals surface area (Å²) in [6.45, 7) is 17.6. The van der Waals surface area contributed by atoms with Crippen LogP contribution in [0.5, 0.6) is 0 Å². The van der Waals surface area contributed by atoms with Crippen molar-refractivity contribution in [1.82, 2.24) is 9.55 Å². The smallest absolute Gasteiger partial charge is 0.419 e. The Morgan fingerprint density at radius 1 is 1.21 bits per heavy atom. The number of hydrogen-bond acceptors (Lipinski definition) is 7. The number of nitrogens with one attached hydrogen (secondary N) is 1. The standard InChI is InChI=1S/C27H39N5O5Si/c1-25(2,3)36-24(34)32-14-18(17-12-22(31-23(28)33)29-13-20(17)32)19-10-9-11-21(30-19)27(15-35-16-27)37-38(7,8)26(4,5)6/h9-10,12-14,21H,11,15-16H2,1-8H3,(H3,28,29,31,33). The van der Waals surface area contributed by atoms with Crippen LogP contribution in [0.25, 0.3) is 10.9 Å². The number of primary amides is 1. The van der Waals surface area contributed by atoms with Crippen molar-refractivity contribution in [3.63, 3.8) is 0 Å². The number of fused-ring (bicyclic) bond motifs is 1. The fourth-order valence-electron chi connectivity index (χ4n) is 4.33. The second kappa shape index (κ2) is 9.62. The van der Waals surface area contributed by atoms with Crippen LogP contribution in [0, 0.1) is 0 Å². The molecule has 206 valence electrons. The van der Waals surface area contributed by atoms with Gasteiger partial charge in [-0.3, -0.25) is 14.9 Å². The highest BCUT2D eigenvalue weighted by Gasteiger charge is 2.53. The van der Waals surface area contributed by atoms with E-state index in [2.05, 4.69) is 50.2 Å². The quantitative estimate of drug-likeness (QED) is 0.499. The van der Waals surface area contributed by atoms with Gasteiger partial charge in [0.15, 0.2) is 8.32 Å². The van der Waals surface area contributed by atoms with Crippen LogP contribution in [0.3, 0.4) is 0 Å². The number of dihydropyridines is 1. The fourth-order valence-corrected chi connectivity index (χ4v) is 5.91. The Morgan fingerprint density at radius 3 is 2.45 bits per heavy atom. The number of rotatable bonds is 5. The maximum atomic E-state index is 13.1. The molecular weight excluding hydrogens is 502 g/mol. The summed E-state index contributed by atoms with van der Waals surface area (Å²) in [7, 11) is -2.09. The first-order chi connectivity index (χ1) is 17.5. The Labute approximate surface area is 224 Å². The summed E-state index contributed by atoms with van der Waals surface area (Å²) < 4.78 is 19.6. The van der Waals surface area contributed by atoms with Gasteiger partial charge in [0.1, 0.15) is 17.0 Å². The van der Waals surface area contributed by atoms with Gasteiger partial charge in [-0.1, -0.05) is 26.8 Å². The molecule has 38 heavy (non-hydrogen) atoms. The molecule has 1 atom stereocenters. The number of allylic oxidation sites excluding steroid dienone is 1.